The quantitative estimate of drug-likeness (QED) is 0.679. The lowest BCUT2D eigenvalue weighted by Gasteiger charge is -2.43. The van der Waals surface area contributed by atoms with Crippen molar-refractivity contribution in [3.63, 3.8) is 0 Å². The van der Waals surface area contributed by atoms with Gasteiger partial charge in [-0.1, -0.05) is 6.42 Å². The summed E-state index contributed by atoms with van der Waals surface area (Å²) in [5.74, 6) is -0.373. The highest BCUT2D eigenvalue weighted by Gasteiger charge is 2.40. The van der Waals surface area contributed by atoms with E-state index >= 15 is 0 Å². The summed E-state index contributed by atoms with van der Waals surface area (Å²) in [6, 6.07) is -0.871. The molecule has 1 heterocycles. The minimum Gasteiger partial charge on any atom is -0.382 e. The van der Waals surface area contributed by atoms with Crippen LogP contribution in [-0.2, 0) is 14.3 Å². The summed E-state index contributed by atoms with van der Waals surface area (Å²) in [6.45, 7) is 3.01. The van der Waals surface area contributed by atoms with Crippen molar-refractivity contribution in [1.29, 1.82) is 0 Å². The molecule has 0 aromatic rings. The van der Waals surface area contributed by atoms with Crippen LogP contribution in [0.1, 0.15) is 32.6 Å². The van der Waals surface area contributed by atoms with E-state index < -0.39 is 18.8 Å². The van der Waals surface area contributed by atoms with Gasteiger partial charge in [-0.25, -0.2) is 0 Å². The van der Waals surface area contributed by atoms with Gasteiger partial charge in [0.1, 0.15) is 6.04 Å². The minimum atomic E-state index is -4.32. The zero-order valence-electron chi connectivity index (χ0n) is 14.2. The Bertz CT molecular complexity index is 414. The predicted octanol–water partition coefficient (Wildman–Crippen LogP) is 1.96. The molecule has 1 N–H and O–H groups in total. The fraction of sp³-hybridized carbons (Fsp3) is 0.938. The van der Waals surface area contributed by atoms with Gasteiger partial charge in [0, 0.05) is 26.3 Å². The second-order valence-electron chi connectivity index (χ2n) is 6.69. The van der Waals surface area contributed by atoms with Crippen LogP contribution in [-0.4, -0.2) is 69.1 Å². The number of alkyl halides is 3. The zero-order chi connectivity index (χ0) is 17.6. The van der Waals surface area contributed by atoms with Crippen molar-refractivity contribution in [2.24, 2.45) is 5.41 Å². The highest BCUT2D eigenvalue weighted by Crippen LogP contribution is 2.43. The van der Waals surface area contributed by atoms with Crippen molar-refractivity contribution in [3.8, 4) is 0 Å². The average Bonchev–Trinajstić information content (AvgIpc) is 2.48. The van der Waals surface area contributed by atoms with Crippen molar-refractivity contribution in [2.75, 3.05) is 46.1 Å². The van der Waals surface area contributed by atoms with E-state index in [-0.39, 0.29) is 31.1 Å². The van der Waals surface area contributed by atoms with E-state index in [4.69, 9.17) is 9.47 Å². The third-order valence-corrected chi connectivity index (χ3v) is 4.96. The Labute approximate surface area is 140 Å². The van der Waals surface area contributed by atoms with Crippen LogP contribution in [0.25, 0.3) is 0 Å². The van der Waals surface area contributed by atoms with E-state index in [1.54, 1.807) is 0 Å². The molecule has 1 atom stereocenters. The van der Waals surface area contributed by atoms with Crippen LogP contribution in [0.15, 0.2) is 0 Å². The lowest BCUT2D eigenvalue weighted by Crippen LogP contribution is -2.57. The van der Waals surface area contributed by atoms with E-state index in [1.807, 2.05) is 6.92 Å². The van der Waals surface area contributed by atoms with Crippen molar-refractivity contribution in [1.82, 2.24) is 10.2 Å². The number of amides is 1. The molecule has 0 spiro atoms. The normalized spacial score (nSPS) is 24.4. The van der Waals surface area contributed by atoms with Crippen LogP contribution in [0.2, 0.25) is 0 Å². The molecule has 1 amide bonds. The molecule has 5 nitrogen and oxygen atoms in total. The number of hydrogen-bond acceptors (Lipinski definition) is 4. The lowest BCUT2D eigenvalue weighted by atomic mass is 9.66. The molecule has 1 saturated carbocycles. The van der Waals surface area contributed by atoms with E-state index in [0.29, 0.717) is 19.8 Å². The molecule has 8 heteroatoms. The van der Waals surface area contributed by atoms with Gasteiger partial charge < -0.3 is 14.8 Å². The Balaban J connectivity index is 1.85. The molecule has 1 aliphatic heterocycles. The first-order valence-electron chi connectivity index (χ1n) is 8.59. The number of nitrogens with one attached hydrogen (secondary N) is 1. The fourth-order valence-corrected chi connectivity index (χ4v) is 3.32. The first-order valence-corrected chi connectivity index (χ1v) is 8.59. The van der Waals surface area contributed by atoms with Gasteiger partial charge in [-0.15, -0.1) is 0 Å². The van der Waals surface area contributed by atoms with Crippen LogP contribution < -0.4 is 5.32 Å². The SMILES string of the molecule is CCOCCC1(CNC(=O)[C@H]2COCCN2CC(F)(F)F)CCC1. The molecule has 1 aliphatic carbocycles. The first kappa shape index (κ1) is 19.5. The molecular formula is C16H27F3N2O3. The Morgan fingerprint density at radius 1 is 1.42 bits per heavy atom. The first-order chi connectivity index (χ1) is 11.4. The molecule has 0 unspecified atom stereocenters. The minimum absolute atomic E-state index is 0.00780. The summed E-state index contributed by atoms with van der Waals surface area (Å²) in [5.41, 5.74) is 0.0369. The number of morpholine rings is 1. The van der Waals surface area contributed by atoms with Crippen LogP contribution in [0.5, 0.6) is 0 Å². The summed E-state index contributed by atoms with van der Waals surface area (Å²) >= 11 is 0. The van der Waals surface area contributed by atoms with Crippen molar-refractivity contribution < 1.29 is 27.4 Å². The summed E-state index contributed by atoms with van der Waals surface area (Å²) in [6.07, 6.45) is -0.284. The Hall–Kier alpha value is -0.860. The van der Waals surface area contributed by atoms with Gasteiger partial charge in [0.25, 0.3) is 0 Å². The molecule has 2 rings (SSSR count). The molecule has 2 aliphatic rings. The summed E-state index contributed by atoms with van der Waals surface area (Å²) in [5, 5.41) is 2.85. The molecule has 2 fully saturated rings. The maximum atomic E-state index is 12.7. The number of carbonyl (C=O) groups is 1. The smallest absolute Gasteiger partial charge is 0.382 e. The van der Waals surface area contributed by atoms with Crippen molar-refractivity contribution in [3.05, 3.63) is 0 Å². The summed E-state index contributed by atoms with van der Waals surface area (Å²) in [4.78, 5) is 13.5. The molecule has 140 valence electrons. The third kappa shape index (κ3) is 5.60. The second kappa shape index (κ2) is 8.49. The maximum absolute atomic E-state index is 12.7. The van der Waals surface area contributed by atoms with Crippen molar-refractivity contribution in [2.45, 2.75) is 44.8 Å². The van der Waals surface area contributed by atoms with E-state index in [2.05, 4.69) is 5.32 Å². The third-order valence-electron chi connectivity index (χ3n) is 4.96. The average molecular weight is 352 g/mol. The second-order valence-corrected chi connectivity index (χ2v) is 6.69. The Kier molecular flexibility index (Phi) is 6.88. The van der Waals surface area contributed by atoms with Gasteiger partial charge >= 0.3 is 6.18 Å². The Morgan fingerprint density at radius 2 is 2.17 bits per heavy atom. The molecule has 24 heavy (non-hydrogen) atoms. The monoisotopic (exact) mass is 352 g/mol. The number of rotatable bonds is 8. The van der Waals surface area contributed by atoms with Crippen LogP contribution in [0.4, 0.5) is 13.2 Å². The van der Waals surface area contributed by atoms with Crippen LogP contribution in [0.3, 0.4) is 0 Å². The summed E-state index contributed by atoms with van der Waals surface area (Å²) in [7, 11) is 0. The highest BCUT2D eigenvalue weighted by molar-refractivity contribution is 5.82. The van der Waals surface area contributed by atoms with Gasteiger partial charge in [0.2, 0.25) is 5.91 Å². The van der Waals surface area contributed by atoms with Crippen molar-refractivity contribution >= 4 is 5.91 Å². The highest BCUT2D eigenvalue weighted by atomic mass is 19.4. The number of carbonyl (C=O) groups excluding carboxylic acids is 1. The van der Waals surface area contributed by atoms with Crippen LogP contribution in [0, 0.1) is 5.41 Å². The zero-order valence-corrected chi connectivity index (χ0v) is 14.2. The molecule has 0 aromatic heterocycles. The van der Waals surface area contributed by atoms with E-state index in [0.717, 1.165) is 30.6 Å². The Morgan fingerprint density at radius 3 is 2.75 bits per heavy atom. The maximum Gasteiger partial charge on any atom is 0.401 e. The lowest BCUT2D eigenvalue weighted by molar-refractivity contribution is -0.167. The van der Waals surface area contributed by atoms with Gasteiger partial charge in [0.05, 0.1) is 19.8 Å². The number of hydrogen-bond donors (Lipinski definition) is 1. The van der Waals surface area contributed by atoms with Gasteiger partial charge in [-0.2, -0.15) is 13.2 Å². The van der Waals surface area contributed by atoms with Gasteiger partial charge in [0.15, 0.2) is 0 Å². The number of nitrogens with zero attached hydrogens (tertiary/aromatic N) is 1. The van der Waals surface area contributed by atoms with Gasteiger partial charge in [-0.3, -0.25) is 9.69 Å². The largest absolute Gasteiger partial charge is 0.401 e. The summed E-state index contributed by atoms with van der Waals surface area (Å²) < 4.78 is 48.6. The molecule has 0 radical (unpaired) electrons. The molecular weight excluding hydrogens is 325 g/mol. The number of halogens is 3. The topological polar surface area (TPSA) is 50.8 Å². The predicted molar refractivity (Wildman–Crippen MR) is 82.6 cm³/mol. The van der Waals surface area contributed by atoms with Crippen LogP contribution >= 0.6 is 0 Å². The van der Waals surface area contributed by atoms with E-state index in [9.17, 15) is 18.0 Å². The molecule has 1 saturated heterocycles. The van der Waals surface area contributed by atoms with Gasteiger partial charge in [-0.05, 0) is 31.6 Å². The van der Waals surface area contributed by atoms with E-state index in [1.165, 1.54) is 0 Å². The molecule has 0 bridgehead atoms. The standard InChI is InChI=1S/C16H27F3N2O3/c1-2-23-8-6-15(4-3-5-15)11-20-14(22)13-10-24-9-7-21(13)12-16(17,18)19/h13H,2-12H2,1H3,(H,20,22)/t13-/m1/s1. The number of ether oxygens (including phenoxy) is 2. The fourth-order valence-electron chi connectivity index (χ4n) is 3.32. The molecule has 0 aromatic carbocycles.